The van der Waals surface area contributed by atoms with Gasteiger partial charge < -0.3 is 0 Å². The summed E-state index contributed by atoms with van der Waals surface area (Å²) >= 11 is 0. The molecule has 0 unspecified atom stereocenters. The Morgan fingerprint density at radius 1 is 0.556 bits per heavy atom. The van der Waals surface area contributed by atoms with Crippen LogP contribution in [-0.2, 0) is 21.1 Å². The zero-order valence-electron chi connectivity index (χ0n) is 17.7. The molecular formula is C26H11F7N2Pt. The van der Waals surface area contributed by atoms with Crippen molar-refractivity contribution in [1.82, 2.24) is 9.97 Å². The predicted octanol–water partition coefficient (Wildman–Crippen LogP) is 7.22. The third-order valence-corrected chi connectivity index (χ3v) is 4.78. The standard InChI is InChI=1S/C16H11N2.C10F7.Pt/c1-2-7-13(8-3-1)14-10-6-11-16(18-14)15-9-4-5-12-17-15;11-2-1-3(12)6(13)5-4(2)7(14)9(16)10(17)8(5)15;/h1-7,9-12H;;/q2*-1;+2. The molecule has 3 aromatic carbocycles. The SMILES string of the molecule is Fc1[c-]c(F)c2c(F)c(F)c(F)c(F)c2c1F.[Pt+2].[c-]1ccccc1-c1cccc(-c2ccccn2)n1. The summed E-state index contributed by atoms with van der Waals surface area (Å²) in [5, 5.41) is -3.16. The monoisotopic (exact) mass is 679 g/mol. The summed E-state index contributed by atoms with van der Waals surface area (Å²) in [7, 11) is 0. The molecule has 0 amide bonds. The van der Waals surface area contributed by atoms with Gasteiger partial charge in [0.25, 0.3) is 0 Å². The molecule has 0 atom stereocenters. The number of hydrogen-bond donors (Lipinski definition) is 0. The molecule has 10 heteroatoms. The van der Waals surface area contributed by atoms with Gasteiger partial charge in [0.05, 0.1) is 17.2 Å². The Morgan fingerprint density at radius 2 is 1.19 bits per heavy atom. The Bertz CT molecular complexity index is 1460. The number of nitrogens with zero attached hydrogens (tertiary/aromatic N) is 2. The van der Waals surface area contributed by atoms with E-state index in [2.05, 4.69) is 16.0 Å². The molecule has 0 aliphatic rings. The minimum Gasteiger partial charge on any atom is -0.295 e. The van der Waals surface area contributed by atoms with Crippen molar-refractivity contribution < 1.29 is 51.8 Å². The normalized spacial score (nSPS) is 10.4. The number of halogens is 7. The summed E-state index contributed by atoms with van der Waals surface area (Å²) in [6, 6.07) is 23.9. The number of hydrogen-bond acceptors (Lipinski definition) is 2. The van der Waals surface area contributed by atoms with E-state index >= 15 is 0 Å². The van der Waals surface area contributed by atoms with Gasteiger partial charge in [-0.25, -0.2) is 26.3 Å². The van der Waals surface area contributed by atoms with E-state index in [1.165, 1.54) is 0 Å². The van der Waals surface area contributed by atoms with Gasteiger partial charge in [0.15, 0.2) is 11.6 Å². The molecule has 0 fully saturated rings. The Hall–Kier alpha value is -3.58. The minimum atomic E-state index is -2.35. The molecule has 184 valence electrons. The van der Waals surface area contributed by atoms with E-state index in [-0.39, 0.29) is 21.1 Å². The fraction of sp³-hybridized carbons (Fsp3) is 0. The quantitative estimate of drug-likeness (QED) is 0.0853. The van der Waals surface area contributed by atoms with Gasteiger partial charge in [0, 0.05) is 17.8 Å². The van der Waals surface area contributed by atoms with E-state index < -0.39 is 51.5 Å². The number of pyridine rings is 2. The number of aromatic nitrogens is 2. The molecule has 0 N–H and O–H groups in total. The smallest absolute Gasteiger partial charge is 0.295 e. The summed E-state index contributed by atoms with van der Waals surface area (Å²) in [6.07, 6.45) is 1.78. The Kier molecular flexibility index (Phi) is 8.58. The first-order valence-corrected chi connectivity index (χ1v) is 9.86. The van der Waals surface area contributed by atoms with Crippen molar-refractivity contribution in [2.75, 3.05) is 0 Å². The van der Waals surface area contributed by atoms with Crippen molar-refractivity contribution >= 4 is 10.8 Å². The van der Waals surface area contributed by atoms with Crippen LogP contribution < -0.4 is 0 Å². The van der Waals surface area contributed by atoms with Crippen LogP contribution in [0.5, 0.6) is 0 Å². The maximum absolute atomic E-state index is 13.1. The van der Waals surface area contributed by atoms with Gasteiger partial charge >= 0.3 is 21.1 Å². The minimum absolute atomic E-state index is 0. The van der Waals surface area contributed by atoms with Crippen LogP contribution in [0, 0.1) is 52.9 Å². The fourth-order valence-electron chi connectivity index (χ4n) is 3.16. The largest absolute Gasteiger partial charge is 2.00 e. The molecule has 2 nitrogen and oxygen atoms in total. The average molecular weight is 679 g/mol. The molecule has 2 heterocycles. The molecule has 0 aliphatic carbocycles. The van der Waals surface area contributed by atoms with Crippen LogP contribution in [-0.4, -0.2) is 9.97 Å². The average Bonchev–Trinajstić information content (AvgIpc) is 2.89. The Labute approximate surface area is 214 Å². The molecule has 2 aromatic heterocycles. The molecular weight excluding hydrogens is 668 g/mol. The first kappa shape index (κ1) is 27.0. The molecule has 0 bridgehead atoms. The molecule has 0 saturated carbocycles. The van der Waals surface area contributed by atoms with Crippen molar-refractivity contribution in [3.05, 3.63) is 120 Å². The first-order valence-electron chi connectivity index (χ1n) is 9.86. The van der Waals surface area contributed by atoms with E-state index in [0.717, 1.165) is 28.7 Å². The van der Waals surface area contributed by atoms with Crippen LogP contribution in [0.25, 0.3) is 33.4 Å². The fourth-order valence-corrected chi connectivity index (χ4v) is 3.16. The van der Waals surface area contributed by atoms with Gasteiger partial charge in [0.1, 0.15) is 11.6 Å². The molecule has 36 heavy (non-hydrogen) atoms. The second-order valence-electron chi connectivity index (χ2n) is 6.97. The van der Waals surface area contributed by atoms with E-state index in [4.69, 9.17) is 0 Å². The second-order valence-corrected chi connectivity index (χ2v) is 6.97. The zero-order valence-corrected chi connectivity index (χ0v) is 20.0. The maximum atomic E-state index is 13.1. The van der Waals surface area contributed by atoms with Crippen LogP contribution in [0.2, 0.25) is 0 Å². The molecule has 0 spiro atoms. The summed E-state index contributed by atoms with van der Waals surface area (Å²) in [4.78, 5) is 8.93. The Balaban J connectivity index is 0.000000196. The van der Waals surface area contributed by atoms with Crippen LogP contribution in [0.1, 0.15) is 0 Å². The second kappa shape index (κ2) is 11.4. The van der Waals surface area contributed by atoms with Gasteiger partial charge in [-0.05, 0) is 34.7 Å². The van der Waals surface area contributed by atoms with Crippen LogP contribution >= 0.6 is 0 Å². The first-order chi connectivity index (χ1) is 16.8. The van der Waals surface area contributed by atoms with Gasteiger partial charge in [0.2, 0.25) is 0 Å². The number of benzene rings is 3. The molecule has 5 rings (SSSR count). The third-order valence-electron chi connectivity index (χ3n) is 4.78. The van der Waals surface area contributed by atoms with Gasteiger partial charge in [-0.15, -0.1) is 42.0 Å². The van der Waals surface area contributed by atoms with E-state index in [1.807, 2.05) is 60.7 Å². The van der Waals surface area contributed by atoms with Crippen molar-refractivity contribution in [3.63, 3.8) is 0 Å². The van der Waals surface area contributed by atoms with Gasteiger partial charge in [-0.2, -0.15) is 0 Å². The topological polar surface area (TPSA) is 25.8 Å². The molecule has 0 aliphatic heterocycles. The summed E-state index contributed by atoms with van der Waals surface area (Å²) in [5.41, 5.74) is 3.68. The summed E-state index contributed by atoms with van der Waals surface area (Å²) < 4.78 is 90.4. The van der Waals surface area contributed by atoms with Crippen LogP contribution in [0.4, 0.5) is 30.7 Å². The number of fused-ring (bicyclic) bond motifs is 1. The number of rotatable bonds is 2. The van der Waals surface area contributed by atoms with E-state index in [1.54, 1.807) is 6.20 Å². The van der Waals surface area contributed by atoms with Gasteiger partial charge in [-0.3, -0.25) is 14.4 Å². The molecule has 0 saturated heterocycles. The van der Waals surface area contributed by atoms with E-state index in [9.17, 15) is 30.7 Å². The van der Waals surface area contributed by atoms with E-state index in [0.29, 0.717) is 0 Å². The van der Waals surface area contributed by atoms with Crippen molar-refractivity contribution in [1.29, 1.82) is 0 Å². The summed E-state index contributed by atoms with van der Waals surface area (Å²) in [5.74, 6) is -14.9. The predicted molar refractivity (Wildman–Crippen MR) is 114 cm³/mol. The maximum Gasteiger partial charge on any atom is 2.00 e. The Morgan fingerprint density at radius 3 is 1.83 bits per heavy atom. The van der Waals surface area contributed by atoms with Crippen LogP contribution in [0.3, 0.4) is 0 Å². The summed E-state index contributed by atoms with van der Waals surface area (Å²) in [6.45, 7) is 0. The molecule has 0 radical (unpaired) electrons. The van der Waals surface area contributed by atoms with Crippen molar-refractivity contribution in [3.8, 4) is 22.6 Å². The van der Waals surface area contributed by atoms with Crippen molar-refractivity contribution in [2.24, 2.45) is 0 Å². The van der Waals surface area contributed by atoms with Crippen molar-refractivity contribution in [2.45, 2.75) is 0 Å². The third kappa shape index (κ3) is 5.31. The van der Waals surface area contributed by atoms with Crippen LogP contribution in [0.15, 0.2) is 66.9 Å². The molecule has 5 aromatic rings. The van der Waals surface area contributed by atoms with Gasteiger partial charge in [-0.1, -0.05) is 18.2 Å². The zero-order chi connectivity index (χ0) is 25.1.